The van der Waals surface area contributed by atoms with Gasteiger partial charge in [0.1, 0.15) is 0 Å². The van der Waals surface area contributed by atoms with Crippen molar-refractivity contribution in [2.24, 2.45) is 0 Å². The Morgan fingerprint density at radius 2 is 1.94 bits per heavy atom. The number of rotatable bonds is 11. The Kier molecular flexibility index (Phi) is 11.2. The number of hydrogen-bond donors (Lipinski definition) is 1. The predicted molar refractivity (Wildman–Crippen MR) is 67.9 cm³/mol. The van der Waals surface area contributed by atoms with Crippen molar-refractivity contribution in [1.29, 1.82) is 0 Å². The Hall–Kier alpha value is -0.160. The molecular weight excluding hydrogens is 204 g/mol. The first-order valence-electron chi connectivity index (χ1n) is 6.18. The van der Waals surface area contributed by atoms with E-state index in [-0.39, 0.29) is 0 Å². The molecule has 0 aliphatic heterocycles. The molecule has 0 radical (unpaired) electrons. The minimum Gasteiger partial charge on any atom is -0.385 e. The van der Waals surface area contributed by atoms with Crippen molar-refractivity contribution in [2.75, 3.05) is 53.6 Å². The lowest BCUT2D eigenvalue weighted by Crippen LogP contribution is -2.40. The van der Waals surface area contributed by atoms with E-state index in [0.717, 1.165) is 45.8 Å². The first kappa shape index (κ1) is 15.8. The molecule has 4 heteroatoms. The van der Waals surface area contributed by atoms with Gasteiger partial charge < -0.3 is 14.8 Å². The van der Waals surface area contributed by atoms with Crippen LogP contribution in [0.1, 0.15) is 20.3 Å². The Morgan fingerprint density at radius 3 is 2.50 bits per heavy atom. The van der Waals surface area contributed by atoms with E-state index in [1.54, 1.807) is 14.2 Å². The summed E-state index contributed by atoms with van der Waals surface area (Å²) in [6, 6.07) is 0.496. The maximum Gasteiger partial charge on any atom is 0.0615 e. The highest BCUT2D eigenvalue weighted by Gasteiger charge is 2.10. The summed E-state index contributed by atoms with van der Waals surface area (Å²) in [7, 11) is 3.50. The summed E-state index contributed by atoms with van der Waals surface area (Å²) < 4.78 is 10.2. The van der Waals surface area contributed by atoms with Gasteiger partial charge in [-0.2, -0.15) is 0 Å². The third-order valence-electron chi connectivity index (χ3n) is 2.72. The zero-order chi connectivity index (χ0) is 12.2. The van der Waals surface area contributed by atoms with Crippen molar-refractivity contribution >= 4 is 0 Å². The molecule has 0 aromatic carbocycles. The van der Waals surface area contributed by atoms with E-state index in [9.17, 15) is 0 Å². The van der Waals surface area contributed by atoms with E-state index in [0.29, 0.717) is 6.04 Å². The predicted octanol–water partition coefficient (Wildman–Crippen LogP) is 0.969. The fourth-order valence-electron chi connectivity index (χ4n) is 1.73. The van der Waals surface area contributed by atoms with E-state index in [4.69, 9.17) is 9.47 Å². The fourth-order valence-corrected chi connectivity index (χ4v) is 1.73. The Morgan fingerprint density at radius 1 is 1.19 bits per heavy atom. The van der Waals surface area contributed by atoms with E-state index in [2.05, 4.69) is 24.1 Å². The number of likely N-dealkylation sites (N-methyl/N-ethyl adjacent to an activating group) is 1. The van der Waals surface area contributed by atoms with Crippen LogP contribution in [0.3, 0.4) is 0 Å². The summed E-state index contributed by atoms with van der Waals surface area (Å²) >= 11 is 0. The van der Waals surface area contributed by atoms with E-state index in [1.165, 1.54) is 0 Å². The van der Waals surface area contributed by atoms with Gasteiger partial charge in [-0.3, -0.25) is 4.90 Å². The SMILES string of the molecule is CCN(CCNCCCOC)C(C)COC. The summed E-state index contributed by atoms with van der Waals surface area (Å²) in [6.07, 6.45) is 1.08. The van der Waals surface area contributed by atoms with Gasteiger partial charge in [0.25, 0.3) is 0 Å². The van der Waals surface area contributed by atoms with Crippen molar-refractivity contribution in [1.82, 2.24) is 10.2 Å². The fraction of sp³-hybridized carbons (Fsp3) is 1.00. The molecule has 0 heterocycles. The molecule has 1 atom stereocenters. The molecule has 1 unspecified atom stereocenters. The molecule has 0 aromatic heterocycles. The molecule has 0 aliphatic rings. The number of ether oxygens (including phenoxy) is 2. The van der Waals surface area contributed by atoms with Gasteiger partial charge in [-0.15, -0.1) is 0 Å². The van der Waals surface area contributed by atoms with Crippen LogP contribution >= 0.6 is 0 Å². The molecule has 0 amide bonds. The van der Waals surface area contributed by atoms with Crippen LogP contribution in [0.2, 0.25) is 0 Å². The molecule has 1 N–H and O–H groups in total. The van der Waals surface area contributed by atoms with Crippen LogP contribution in [0.15, 0.2) is 0 Å². The highest BCUT2D eigenvalue weighted by molar-refractivity contribution is 4.66. The molecule has 4 nitrogen and oxygen atoms in total. The van der Waals surface area contributed by atoms with Gasteiger partial charge in [-0.1, -0.05) is 6.92 Å². The molecule has 98 valence electrons. The minimum absolute atomic E-state index is 0.496. The van der Waals surface area contributed by atoms with Crippen LogP contribution in [-0.2, 0) is 9.47 Å². The first-order valence-corrected chi connectivity index (χ1v) is 6.18. The zero-order valence-electron chi connectivity index (χ0n) is 11.3. The first-order chi connectivity index (χ1) is 7.76. The Bertz CT molecular complexity index is 145. The molecule has 0 fully saturated rings. The summed E-state index contributed by atoms with van der Waals surface area (Å²) in [5.41, 5.74) is 0. The summed E-state index contributed by atoms with van der Waals surface area (Å²) in [5, 5.41) is 3.42. The second kappa shape index (κ2) is 11.3. The van der Waals surface area contributed by atoms with Crippen LogP contribution in [0, 0.1) is 0 Å². The third-order valence-corrected chi connectivity index (χ3v) is 2.72. The van der Waals surface area contributed by atoms with Gasteiger partial charge in [0.05, 0.1) is 6.61 Å². The van der Waals surface area contributed by atoms with Crippen LogP contribution in [0.4, 0.5) is 0 Å². The highest BCUT2D eigenvalue weighted by atomic mass is 16.5. The monoisotopic (exact) mass is 232 g/mol. The molecule has 0 saturated heterocycles. The third kappa shape index (κ3) is 8.05. The van der Waals surface area contributed by atoms with Crippen LogP contribution in [0.25, 0.3) is 0 Å². The summed E-state index contributed by atoms with van der Waals surface area (Å²) in [4.78, 5) is 2.42. The van der Waals surface area contributed by atoms with Crippen molar-refractivity contribution < 1.29 is 9.47 Å². The molecule has 0 aromatic rings. The maximum atomic E-state index is 5.17. The quantitative estimate of drug-likeness (QED) is 0.538. The lowest BCUT2D eigenvalue weighted by Gasteiger charge is -2.27. The summed E-state index contributed by atoms with van der Waals surface area (Å²) in [5.74, 6) is 0. The average Bonchev–Trinajstić information content (AvgIpc) is 2.28. The lowest BCUT2D eigenvalue weighted by molar-refractivity contribution is 0.103. The highest BCUT2D eigenvalue weighted by Crippen LogP contribution is 1.97. The molecule has 0 rings (SSSR count). The molecule has 16 heavy (non-hydrogen) atoms. The van der Waals surface area contributed by atoms with Gasteiger partial charge >= 0.3 is 0 Å². The van der Waals surface area contributed by atoms with E-state index >= 15 is 0 Å². The second-order valence-corrected chi connectivity index (χ2v) is 4.03. The normalized spacial score (nSPS) is 13.3. The average molecular weight is 232 g/mol. The lowest BCUT2D eigenvalue weighted by atomic mass is 10.3. The topological polar surface area (TPSA) is 33.7 Å². The maximum absolute atomic E-state index is 5.17. The van der Waals surface area contributed by atoms with Crippen molar-refractivity contribution in [3.63, 3.8) is 0 Å². The smallest absolute Gasteiger partial charge is 0.0615 e. The molecule has 0 spiro atoms. The Labute approximate surface area is 100 Å². The largest absolute Gasteiger partial charge is 0.385 e. The summed E-state index contributed by atoms with van der Waals surface area (Å²) in [6.45, 7) is 10.3. The second-order valence-electron chi connectivity index (χ2n) is 4.03. The molecule has 0 aliphatic carbocycles. The van der Waals surface area contributed by atoms with Crippen LogP contribution in [0.5, 0.6) is 0 Å². The van der Waals surface area contributed by atoms with Gasteiger partial charge in [0, 0.05) is 40.0 Å². The molecular formula is C12H28N2O2. The van der Waals surface area contributed by atoms with E-state index < -0.39 is 0 Å². The van der Waals surface area contributed by atoms with Crippen molar-refractivity contribution in [3.8, 4) is 0 Å². The van der Waals surface area contributed by atoms with Crippen LogP contribution in [-0.4, -0.2) is 64.6 Å². The van der Waals surface area contributed by atoms with Crippen LogP contribution < -0.4 is 5.32 Å². The number of nitrogens with one attached hydrogen (secondary N) is 1. The minimum atomic E-state index is 0.496. The van der Waals surface area contributed by atoms with Gasteiger partial charge in [-0.05, 0) is 26.4 Å². The standard InChI is InChI=1S/C12H28N2O2/c1-5-14(12(2)11-16-4)9-8-13-7-6-10-15-3/h12-13H,5-11H2,1-4H3. The number of methoxy groups -OCH3 is 2. The molecule has 0 saturated carbocycles. The van der Waals surface area contributed by atoms with Crippen molar-refractivity contribution in [2.45, 2.75) is 26.3 Å². The van der Waals surface area contributed by atoms with Gasteiger partial charge in [-0.25, -0.2) is 0 Å². The number of nitrogens with zero attached hydrogens (tertiary/aromatic N) is 1. The van der Waals surface area contributed by atoms with E-state index in [1.807, 2.05) is 0 Å². The van der Waals surface area contributed by atoms with Crippen molar-refractivity contribution in [3.05, 3.63) is 0 Å². The van der Waals surface area contributed by atoms with Gasteiger partial charge in [0.2, 0.25) is 0 Å². The van der Waals surface area contributed by atoms with Gasteiger partial charge in [0.15, 0.2) is 0 Å². The number of hydrogen-bond acceptors (Lipinski definition) is 4. The Balaban J connectivity index is 3.47. The molecule has 0 bridgehead atoms. The zero-order valence-corrected chi connectivity index (χ0v) is 11.3.